The Hall–Kier alpha value is 0.440. The van der Waals surface area contributed by atoms with Crippen molar-refractivity contribution in [2.75, 3.05) is 5.33 Å². The summed E-state index contributed by atoms with van der Waals surface area (Å²) in [7, 11) is 0. The van der Waals surface area contributed by atoms with Crippen molar-refractivity contribution in [3.8, 4) is 0 Å². The summed E-state index contributed by atoms with van der Waals surface area (Å²) in [5, 5.41) is 1.02. The van der Waals surface area contributed by atoms with Gasteiger partial charge in [0.2, 0.25) is 0 Å². The van der Waals surface area contributed by atoms with E-state index >= 15 is 0 Å². The summed E-state index contributed by atoms with van der Waals surface area (Å²) in [6.45, 7) is 4.75. The summed E-state index contributed by atoms with van der Waals surface area (Å²) in [6, 6.07) is 0. The minimum atomic E-state index is 0.147. The standard InChI is InChI=1S/C15H27BrO/c1-12-6-5-9-15(10-12,11-16)17-14-8-4-3-7-13(14)2/h12-14H,3-11H2,1-2H3. The molecule has 0 amide bonds. The van der Waals surface area contributed by atoms with E-state index in [4.69, 9.17) is 4.74 Å². The van der Waals surface area contributed by atoms with E-state index in [1.807, 2.05) is 0 Å². The fourth-order valence-corrected chi connectivity index (χ4v) is 4.29. The molecule has 0 saturated heterocycles. The molecule has 0 bridgehead atoms. The van der Waals surface area contributed by atoms with Crippen molar-refractivity contribution < 1.29 is 4.74 Å². The monoisotopic (exact) mass is 302 g/mol. The molecule has 0 N–H and O–H groups in total. The largest absolute Gasteiger partial charge is 0.371 e. The van der Waals surface area contributed by atoms with Gasteiger partial charge in [0.1, 0.15) is 0 Å². The zero-order valence-electron chi connectivity index (χ0n) is 11.4. The predicted molar refractivity (Wildman–Crippen MR) is 76.7 cm³/mol. The number of alkyl halides is 1. The van der Waals surface area contributed by atoms with Gasteiger partial charge in [-0.25, -0.2) is 0 Å². The molecule has 0 heterocycles. The first-order valence-corrected chi connectivity index (χ1v) is 8.51. The fraction of sp³-hybridized carbons (Fsp3) is 1.00. The van der Waals surface area contributed by atoms with Gasteiger partial charge in [-0.3, -0.25) is 0 Å². The highest BCUT2D eigenvalue weighted by Gasteiger charge is 2.38. The van der Waals surface area contributed by atoms with Crippen molar-refractivity contribution in [1.82, 2.24) is 0 Å². The lowest BCUT2D eigenvalue weighted by Gasteiger charge is -2.43. The third-order valence-electron chi connectivity index (χ3n) is 4.73. The second kappa shape index (κ2) is 6.06. The van der Waals surface area contributed by atoms with E-state index in [0.29, 0.717) is 6.10 Å². The molecule has 17 heavy (non-hydrogen) atoms. The van der Waals surface area contributed by atoms with Crippen molar-refractivity contribution >= 4 is 15.9 Å². The molecule has 2 aliphatic carbocycles. The fourth-order valence-electron chi connectivity index (χ4n) is 3.65. The Labute approximate surface area is 115 Å². The second-order valence-corrected chi connectivity index (χ2v) is 7.00. The molecular formula is C15H27BrO. The second-order valence-electron chi connectivity index (χ2n) is 6.44. The predicted octanol–water partition coefficient (Wildman–Crippen LogP) is 4.93. The average Bonchev–Trinajstić information content (AvgIpc) is 2.32. The Morgan fingerprint density at radius 2 is 1.88 bits per heavy atom. The molecule has 0 aromatic carbocycles. The van der Waals surface area contributed by atoms with Gasteiger partial charge < -0.3 is 4.74 Å². The van der Waals surface area contributed by atoms with E-state index in [1.54, 1.807) is 0 Å². The van der Waals surface area contributed by atoms with Crippen LogP contribution in [0.2, 0.25) is 0 Å². The Kier molecular flexibility index (Phi) is 4.94. The molecule has 2 heteroatoms. The summed E-state index contributed by atoms with van der Waals surface area (Å²) < 4.78 is 6.60. The van der Waals surface area contributed by atoms with Gasteiger partial charge in [0.25, 0.3) is 0 Å². The number of rotatable bonds is 3. The molecule has 4 unspecified atom stereocenters. The van der Waals surface area contributed by atoms with Gasteiger partial charge >= 0.3 is 0 Å². The first-order valence-electron chi connectivity index (χ1n) is 7.39. The van der Waals surface area contributed by atoms with Crippen LogP contribution >= 0.6 is 15.9 Å². The first-order chi connectivity index (χ1) is 8.15. The molecular weight excluding hydrogens is 276 g/mol. The maximum atomic E-state index is 6.60. The Balaban J connectivity index is 1.97. The summed E-state index contributed by atoms with van der Waals surface area (Å²) in [5.74, 6) is 1.59. The summed E-state index contributed by atoms with van der Waals surface area (Å²) in [6.07, 6.45) is 11.2. The van der Waals surface area contributed by atoms with Gasteiger partial charge in [0, 0.05) is 5.33 Å². The van der Waals surface area contributed by atoms with Crippen molar-refractivity contribution in [3.63, 3.8) is 0 Å². The molecule has 2 rings (SSSR count). The lowest BCUT2D eigenvalue weighted by Crippen LogP contribution is -2.44. The molecule has 2 fully saturated rings. The molecule has 0 radical (unpaired) electrons. The van der Waals surface area contributed by atoms with Crippen LogP contribution in [0.25, 0.3) is 0 Å². The van der Waals surface area contributed by atoms with E-state index in [-0.39, 0.29) is 5.60 Å². The highest BCUT2D eigenvalue weighted by Crippen LogP contribution is 2.40. The molecule has 4 atom stereocenters. The van der Waals surface area contributed by atoms with Crippen molar-refractivity contribution in [2.45, 2.75) is 76.9 Å². The molecule has 0 aliphatic heterocycles. The molecule has 2 saturated carbocycles. The quantitative estimate of drug-likeness (QED) is 0.672. The molecule has 0 spiro atoms. The maximum absolute atomic E-state index is 6.60. The first kappa shape index (κ1) is 13.9. The van der Waals surface area contributed by atoms with E-state index in [9.17, 15) is 0 Å². The minimum absolute atomic E-state index is 0.147. The Morgan fingerprint density at radius 1 is 1.12 bits per heavy atom. The normalized spacial score (nSPS) is 43.6. The number of hydrogen-bond donors (Lipinski definition) is 0. The molecule has 0 aromatic rings. The third kappa shape index (κ3) is 3.47. The topological polar surface area (TPSA) is 9.23 Å². The van der Waals surface area contributed by atoms with Crippen molar-refractivity contribution in [3.05, 3.63) is 0 Å². The van der Waals surface area contributed by atoms with E-state index in [2.05, 4.69) is 29.8 Å². The van der Waals surface area contributed by atoms with Gasteiger partial charge in [-0.05, 0) is 37.5 Å². The van der Waals surface area contributed by atoms with Crippen molar-refractivity contribution in [1.29, 1.82) is 0 Å². The van der Waals surface area contributed by atoms with Gasteiger partial charge in [-0.2, -0.15) is 0 Å². The van der Waals surface area contributed by atoms with Crippen LogP contribution < -0.4 is 0 Å². The Bertz CT molecular complexity index is 243. The molecule has 100 valence electrons. The van der Waals surface area contributed by atoms with Gasteiger partial charge in [0.15, 0.2) is 0 Å². The van der Waals surface area contributed by atoms with E-state index in [0.717, 1.165) is 17.2 Å². The molecule has 2 aliphatic rings. The summed E-state index contributed by atoms with van der Waals surface area (Å²) in [4.78, 5) is 0. The summed E-state index contributed by atoms with van der Waals surface area (Å²) in [5.41, 5.74) is 0.147. The third-order valence-corrected chi connectivity index (χ3v) is 5.75. The lowest BCUT2D eigenvalue weighted by molar-refractivity contribution is -0.133. The van der Waals surface area contributed by atoms with Crippen LogP contribution in [0.1, 0.15) is 65.2 Å². The van der Waals surface area contributed by atoms with Crippen LogP contribution in [0.4, 0.5) is 0 Å². The SMILES string of the molecule is CC1CCCC(CBr)(OC2CCCCC2C)C1. The smallest absolute Gasteiger partial charge is 0.0785 e. The number of ether oxygens (including phenoxy) is 1. The highest BCUT2D eigenvalue weighted by atomic mass is 79.9. The zero-order valence-corrected chi connectivity index (χ0v) is 13.0. The zero-order chi connectivity index (χ0) is 12.3. The van der Waals surface area contributed by atoms with Gasteiger partial charge in [-0.1, -0.05) is 55.5 Å². The Morgan fingerprint density at radius 3 is 2.53 bits per heavy atom. The molecule has 0 aromatic heterocycles. The van der Waals surface area contributed by atoms with E-state index in [1.165, 1.54) is 51.4 Å². The highest BCUT2D eigenvalue weighted by molar-refractivity contribution is 9.09. The van der Waals surface area contributed by atoms with Crippen LogP contribution in [-0.2, 0) is 4.74 Å². The summed E-state index contributed by atoms with van der Waals surface area (Å²) >= 11 is 3.72. The van der Waals surface area contributed by atoms with Crippen LogP contribution in [0.5, 0.6) is 0 Å². The van der Waals surface area contributed by atoms with Crippen LogP contribution in [0.3, 0.4) is 0 Å². The van der Waals surface area contributed by atoms with Crippen LogP contribution in [0.15, 0.2) is 0 Å². The van der Waals surface area contributed by atoms with E-state index < -0.39 is 0 Å². The van der Waals surface area contributed by atoms with Gasteiger partial charge in [0.05, 0.1) is 11.7 Å². The average molecular weight is 303 g/mol. The van der Waals surface area contributed by atoms with Gasteiger partial charge in [-0.15, -0.1) is 0 Å². The molecule has 1 nitrogen and oxygen atoms in total. The van der Waals surface area contributed by atoms with Crippen LogP contribution in [0, 0.1) is 11.8 Å². The lowest BCUT2D eigenvalue weighted by atomic mass is 9.79. The van der Waals surface area contributed by atoms with Crippen molar-refractivity contribution in [2.24, 2.45) is 11.8 Å². The minimum Gasteiger partial charge on any atom is -0.371 e. The van der Waals surface area contributed by atoms with Crippen LogP contribution in [-0.4, -0.2) is 17.0 Å². The number of hydrogen-bond acceptors (Lipinski definition) is 1. The number of halogens is 1. The maximum Gasteiger partial charge on any atom is 0.0785 e.